The number of nitrogens with one attached hydrogen (secondary N) is 3. The van der Waals surface area contributed by atoms with Crippen LogP contribution in [0.2, 0.25) is 0 Å². The molecule has 4 rings (SSSR count). The largest absolute Gasteiger partial charge is 0.338 e. The molecule has 3 heterocycles. The van der Waals surface area contributed by atoms with Gasteiger partial charge in [-0.2, -0.15) is 5.10 Å². The molecular weight excluding hydrogens is 470 g/mol. The van der Waals surface area contributed by atoms with E-state index in [0.29, 0.717) is 38.4 Å². The normalized spacial score (nSPS) is 19.3. The van der Waals surface area contributed by atoms with Crippen LogP contribution in [0.5, 0.6) is 0 Å². The van der Waals surface area contributed by atoms with Crippen molar-refractivity contribution >= 4 is 23.7 Å². The van der Waals surface area contributed by atoms with Gasteiger partial charge in [0.2, 0.25) is 11.8 Å². The first kappa shape index (κ1) is 26.4. The number of aromatic nitrogens is 2. The fourth-order valence-corrected chi connectivity index (χ4v) is 5.20. The molecule has 0 saturated carbocycles. The fraction of sp³-hybridized carbons (Fsp3) is 0.481. The number of benzene rings is 1. The Bertz CT molecular complexity index is 1160. The Labute approximate surface area is 218 Å². The number of H-pyrrole nitrogens is 1. The van der Waals surface area contributed by atoms with Crippen LogP contribution in [0.3, 0.4) is 0 Å². The Morgan fingerprint density at radius 3 is 2.68 bits per heavy atom. The van der Waals surface area contributed by atoms with E-state index in [1.165, 1.54) is 6.08 Å². The number of carbonyl (C=O) groups excluding carboxylic acids is 3. The highest BCUT2D eigenvalue weighted by atomic mass is 16.2. The Morgan fingerprint density at radius 2 is 2.00 bits per heavy atom. The number of likely N-dealkylation sites (tertiary alicyclic amines) is 1. The summed E-state index contributed by atoms with van der Waals surface area (Å²) >= 11 is 0. The fourth-order valence-electron chi connectivity index (χ4n) is 5.20. The number of rotatable bonds is 7. The SMILES string of the molecule is C=CC(=O)N1CCCC(C(=O)Nc2n[nH]c3c2CN(C(=O)NC(CN(C)C)c2ccccc2)C3(C)C)C1. The lowest BCUT2D eigenvalue weighted by molar-refractivity contribution is -0.130. The number of carbonyl (C=O) groups is 3. The third-order valence-corrected chi connectivity index (χ3v) is 7.28. The average molecular weight is 508 g/mol. The van der Waals surface area contributed by atoms with Gasteiger partial charge in [-0.05, 0) is 52.4 Å². The second-order valence-corrected chi connectivity index (χ2v) is 10.6. The molecule has 37 heavy (non-hydrogen) atoms. The van der Waals surface area contributed by atoms with Crippen molar-refractivity contribution in [1.29, 1.82) is 0 Å². The van der Waals surface area contributed by atoms with E-state index in [4.69, 9.17) is 0 Å². The standard InChI is InChI=1S/C27H37N7O3/c1-6-22(35)33-14-10-13-19(15-33)25(36)29-24-20-16-34(27(2,3)23(20)30-31-24)26(37)28-21(17-32(4)5)18-11-8-7-9-12-18/h6-9,11-12,19,21H,1,10,13-17H2,2-5H3,(H,28,37)(H2,29,30,31,36). The van der Waals surface area contributed by atoms with Gasteiger partial charge in [0.25, 0.3) is 0 Å². The molecule has 2 atom stereocenters. The number of urea groups is 1. The summed E-state index contributed by atoms with van der Waals surface area (Å²) < 4.78 is 0. The summed E-state index contributed by atoms with van der Waals surface area (Å²) in [5.74, 6) is -0.226. The summed E-state index contributed by atoms with van der Waals surface area (Å²) in [7, 11) is 3.96. The molecule has 0 spiro atoms. The van der Waals surface area contributed by atoms with E-state index >= 15 is 0 Å². The van der Waals surface area contributed by atoms with E-state index in [9.17, 15) is 14.4 Å². The molecule has 0 aliphatic carbocycles. The van der Waals surface area contributed by atoms with Gasteiger partial charge in [0, 0.05) is 25.2 Å². The van der Waals surface area contributed by atoms with Gasteiger partial charge >= 0.3 is 6.03 Å². The quantitative estimate of drug-likeness (QED) is 0.499. The number of fused-ring (bicyclic) bond motifs is 1. The maximum Gasteiger partial charge on any atom is 0.319 e. The molecule has 3 N–H and O–H groups in total. The highest BCUT2D eigenvalue weighted by molar-refractivity contribution is 5.94. The van der Waals surface area contributed by atoms with E-state index < -0.39 is 5.54 Å². The molecule has 2 aromatic rings. The first-order chi connectivity index (χ1) is 17.6. The Balaban J connectivity index is 1.47. The van der Waals surface area contributed by atoms with Crippen LogP contribution in [0.15, 0.2) is 43.0 Å². The number of amides is 4. The Morgan fingerprint density at radius 1 is 1.27 bits per heavy atom. The first-order valence-corrected chi connectivity index (χ1v) is 12.7. The van der Waals surface area contributed by atoms with E-state index in [-0.39, 0.29) is 29.8 Å². The number of nitrogens with zero attached hydrogens (tertiary/aromatic N) is 4. The molecule has 4 amide bonds. The van der Waals surface area contributed by atoms with Crippen LogP contribution < -0.4 is 10.6 Å². The van der Waals surface area contributed by atoms with Crippen LogP contribution in [-0.4, -0.2) is 76.5 Å². The lowest BCUT2D eigenvalue weighted by Gasteiger charge is -2.34. The summed E-state index contributed by atoms with van der Waals surface area (Å²) in [6, 6.07) is 9.55. The Kier molecular flexibility index (Phi) is 7.68. The number of aromatic amines is 1. The summed E-state index contributed by atoms with van der Waals surface area (Å²) in [6.45, 7) is 9.43. The van der Waals surface area contributed by atoms with E-state index in [1.807, 2.05) is 63.2 Å². The van der Waals surface area contributed by atoms with E-state index in [2.05, 4.69) is 27.4 Å². The Hall–Kier alpha value is -3.66. The zero-order valence-corrected chi connectivity index (χ0v) is 22.1. The highest BCUT2D eigenvalue weighted by Gasteiger charge is 2.44. The van der Waals surface area contributed by atoms with Gasteiger partial charge in [-0.3, -0.25) is 14.7 Å². The molecule has 0 bridgehead atoms. The number of hydrogen-bond donors (Lipinski definition) is 3. The monoisotopic (exact) mass is 507 g/mol. The molecule has 10 nitrogen and oxygen atoms in total. The minimum Gasteiger partial charge on any atom is -0.338 e. The van der Waals surface area contributed by atoms with Gasteiger partial charge in [0.05, 0.1) is 29.7 Å². The van der Waals surface area contributed by atoms with Crippen LogP contribution >= 0.6 is 0 Å². The molecule has 2 aliphatic heterocycles. The van der Waals surface area contributed by atoms with Crippen molar-refractivity contribution in [1.82, 2.24) is 30.2 Å². The predicted molar refractivity (Wildman–Crippen MR) is 142 cm³/mol. The molecule has 1 aromatic carbocycles. The van der Waals surface area contributed by atoms with Gasteiger partial charge in [-0.25, -0.2) is 4.79 Å². The van der Waals surface area contributed by atoms with Crippen molar-refractivity contribution < 1.29 is 14.4 Å². The van der Waals surface area contributed by atoms with Gasteiger partial charge in [0.1, 0.15) is 0 Å². The van der Waals surface area contributed by atoms with Crippen LogP contribution in [0.4, 0.5) is 10.6 Å². The average Bonchev–Trinajstić information content (AvgIpc) is 3.41. The lowest BCUT2D eigenvalue weighted by atomic mass is 9.97. The van der Waals surface area contributed by atoms with Crippen molar-refractivity contribution in [2.75, 3.05) is 39.0 Å². The first-order valence-electron chi connectivity index (χ1n) is 12.7. The van der Waals surface area contributed by atoms with Crippen molar-refractivity contribution in [3.8, 4) is 0 Å². The van der Waals surface area contributed by atoms with Crippen LogP contribution in [0.1, 0.15) is 49.6 Å². The topological polar surface area (TPSA) is 114 Å². The van der Waals surface area contributed by atoms with Gasteiger partial charge < -0.3 is 25.3 Å². The van der Waals surface area contributed by atoms with Crippen LogP contribution in [-0.2, 0) is 21.7 Å². The van der Waals surface area contributed by atoms with Crippen LogP contribution in [0.25, 0.3) is 0 Å². The van der Waals surface area contributed by atoms with Gasteiger partial charge in [-0.1, -0.05) is 36.9 Å². The summed E-state index contributed by atoms with van der Waals surface area (Å²) in [5, 5.41) is 13.6. The lowest BCUT2D eigenvalue weighted by Crippen LogP contribution is -2.48. The maximum absolute atomic E-state index is 13.5. The number of hydrogen-bond acceptors (Lipinski definition) is 5. The van der Waals surface area contributed by atoms with Crippen molar-refractivity contribution in [3.05, 3.63) is 59.8 Å². The number of piperidine rings is 1. The molecule has 10 heteroatoms. The second kappa shape index (κ2) is 10.8. The summed E-state index contributed by atoms with van der Waals surface area (Å²) in [4.78, 5) is 44.1. The molecule has 0 radical (unpaired) electrons. The highest BCUT2D eigenvalue weighted by Crippen LogP contribution is 2.40. The predicted octanol–water partition coefficient (Wildman–Crippen LogP) is 2.84. The smallest absolute Gasteiger partial charge is 0.319 e. The van der Waals surface area contributed by atoms with Crippen molar-refractivity contribution in [2.45, 2.75) is 44.8 Å². The molecule has 2 unspecified atom stereocenters. The number of likely N-dealkylation sites (N-methyl/N-ethyl adjacent to an activating group) is 1. The third kappa shape index (κ3) is 5.53. The molecule has 1 aromatic heterocycles. The third-order valence-electron chi connectivity index (χ3n) is 7.28. The second-order valence-electron chi connectivity index (χ2n) is 10.6. The van der Waals surface area contributed by atoms with Crippen LogP contribution in [0, 0.1) is 5.92 Å². The van der Waals surface area contributed by atoms with E-state index in [1.54, 1.807) is 9.80 Å². The summed E-state index contributed by atoms with van der Waals surface area (Å²) in [6.07, 6.45) is 2.74. The maximum atomic E-state index is 13.5. The molecule has 198 valence electrons. The summed E-state index contributed by atoms with van der Waals surface area (Å²) in [5.41, 5.74) is 1.99. The zero-order valence-electron chi connectivity index (χ0n) is 22.1. The molecule has 1 fully saturated rings. The molecule has 1 saturated heterocycles. The number of anilines is 1. The molecule has 2 aliphatic rings. The van der Waals surface area contributed by atoms with Gasteiger partial charge in [0.15, 0.2) is 5.82 Å². The minimum absolute atomic E-state index is 0.162. The minimum atomic E-state index is -0.646. The van der Waals surface area contributed by atoms with E-state index in [0.717, 1.165) is 23.2 Å². The van der Waals surface area contributed by atoms with Crippen molar-refractivity contribution in [3.63, 3.8) is 0 Å². The molecular formula is C27H37N7O3. The van der Waals surface area contributed by atoms with Gasteiger partial charge in [-0.15, -0.1) is 0 Å². The van der Waals surface area contributed by atoms with Crippen molar-refractivity contribution in [2.24, 2.45) is 5.92 Å². The zero-order chi connectivity index (χ0) is 26.7.